The number of nitrogens with one attached hydrogen (secondary N) is 1. The number of nitrogens with zero attached hydrogens (tertiary/aromatic N) is 1. The van der Waals surface area contributed by atoms with Gasteiger partial charge in [0.05, 0.1) is 4.90 Å². The van der Waals surface area contributed by atoms with E-state index in [1.54, 1.807) is 12.1 Å². The maximum atomic E-state index is 12.5. The van der Waals surface area contributed by atoms with Gasteiger partial charge < -0.3 is 9.64 Å². The molecule has 24 heavy (non-hydrogen) atoms. The second kappa shape index (κ2) is 7.21. The number of likely N-dealkylation sites (tertiary alicyclic amines) is 1. The number of amides is 1. The van der Waals surface area contributed by atoms with Gasteiger partial charge in [-0.15, -0.1) is 0 Å². The van der Waals surface area contributed by atoms with Gasteiger partial charge >= 0.3 is 0 Å². The van der Waals surface area contributed by atoms with Crippen LogP contribution in [0.15, 0.2) is 29.2 Å². The van der Waals surface area contributed by atoms with Crippen LogP contribution in [0.5, 0.6) is 0 Å². The van der Waals surface area contributed by atoms with E-state index in [1.165, 1.54) is 12.1 Å². The highest BCUT2D eigenvalue weighted by Crippen LogP contribution is 2.21. The van der Waals surface area contributed by atoms with Crippen molar-refractivity contribution >= 4 is 15.9 Å². The molecule has 1 N–H and O–H groups in total. The third-order valence-electron chi connectivity index (χ3n) is 4.77. The van der Waals surface area contributed by atoms with E-state index in [-0.39, 0.29) is 22.9 Å². The highest BCUT2D eigenvalue weighted by atomic mass is 32.2. The van der Waals surface area contributed by atoms with Crippen LogP contribution >= 0.6 is 0 Å². The molecule has 7 heteroatoms. The van der Waals surface area contributed by atoms with E-state index in [0.29, 0.717) is 31.6 Å². The van der Waals surface area contributed by atoms with Crippen LogP contribution < -0.4 is 4.72 Å². The Bertz CT molecular complexity index is 681. The Morgan fingerprint density at radius 2 is 1.83 bits per heavy atom. The molecular weight excluding hydrogens is 328 g/mol. The van der Waals surface area contributed by atoms with Crippen LogP contribution in [0.4, 0.5) is 0 Å². The zero-order valence-electron chi connectivity index (χ0n) is 13.9. The average Bonchev–Trinajstić information content (AvgIpc) is 3.01. The number of ether oxygens (including phenoxy) is 1. The average molecular weight is 352 g/mol. The number of hydrogen-bond donors (Lipinski definition) is 1. The molecule has 1 atom stereocenters. The predicted octanol–water partition coefficient (Wildman–Crippen LogP) is 1.77. The van der Waals surface area contributed by atoms with Crippen molar-refractivity contribution in [1.82, 2.24) is 9.62 Å². The second-order valence-corrected chi connectivity index (χ2v) is 8.24. The summed E-state index contributed by atoms with van der Waals surface area (Å²) >= 11 is 0. The summed E-state index contributed by atoms with van der Waals surface area (Å²) in [6, 6.07) is 6.38. The molecule has 2 aliphatic rings. The molecule has 0 spiro atoms. The number of carbonyl (C=O) groups excluding carboxylic acids is 1. The molecule has 0 unspecified atom stereocenters. The zero-order valence-corrected chi connectivity index (χ0v) is 14.7. The molecular formula is C17H24N2O4S. The van der Waals surface area contributed by atoms with Crippen molar-refractivity contribution in [1.29, 1.82) is 0 Å². The Morgan fingerprint density at radius 1 is 1.17 bits per heavy atom. The first-order valence-corrected chi connectivity index (χ1v) is 9.97. The van der Waals surface area contributed by atoms with Gasteiger partial charge in [-0.3, -0.25) is 4.79 Å². The van der Waals surface area contributed by atoms with E-state index in [9.17, 15) is 13.2 Å². The van der Waals surface area contributed by atoms with Gasteiger partial charge in [0.1, 0.15) is 0 Å². The van der Waals surface area contributed by atoms with Gasteiger partial charge in [-0.05, 0) is 56.9 Å². The van der Waals surface area contributed by atoms with Crippen LogP contribution in [-0.4, -0.2) is 51.1 Å². The molecule has 2 fully saturated rings. The van der Waals surface area contributed by atoms with E-state index in [2.05, 4.69) is 4.72 Å². The molecule has 2 aliphatic heterocycles. The summed E-state index contributed by atoms with van der Waals surface area (Å²) in [6.07, 6.45) is 3.41. The van der Waals surface area contributed by atoms with Gasteiger partial charge in [0.15, 0.2) is 0 Å². The minimum absolute atomic E-state index is 0.0265. The first kappa shape index (κ1) is 17.4. The lowest BCUT2D eigenvalue weighted by Crippen LogP contribution is -2.38. The Morgan fingerprint density at radius 3 is 2.42 bits per heavy atom. The van der Waals surface area contributed by atoms with Gasteiger partial charge in [0.25, 0.3) is 5.91 Å². The quantitative estimate of drug-likeness (QED) is 0.896. The van der Waals surface area contributed by atoms with Gasteiger partial charge in [-0.25, -0.2) is 13.1 Å². The lowest BCUT2D eigenvalue weighted by molar-refractivity contribution is 0.0747. The molecule has 1 amide bonds. The van der Waals surface area contributed by atoms with E-state index in [1.807, 2.05) is 11.8 Å². The highest BCUT2D eigenvalue weighted by molar-refractivity contribution is 7.89. The SMILES string of the molecule is C[C@@H]1CCCN1C(=O)c1ccc(S(=O)(=O)NC2CCOCC2)cc1. The number of rotatable bonds is 4. The van der Waals surface area contributed by atoms with Crippen LogP contribution in [0.25, 0.3) is 0 Å². The van der Waals surface area contributed by atoms with E-state index >= 15 is 0 Å². The van der Waals surface area contributed by atoms with Crippen molar-refractivity contribution in [2.24, 2.45) is 0 Å². The maximum absolute atomic E-state index is 12.5. The third-order valence-corrected chi connectivity index (χ3v) is 6.30. The smallest absolute Gasteiger partial charge is 0.254 e. The predicted molar refractivity (Wildman–Crippen MR) is 90.3 cm³/mol. The minimum Gasteiger partial charge on any atom is -0.381 e. The number of sulfonamides is 1. The van der Waals surface area contributed by atoms with Crippen LogP contribution in [-0.2, 0) is 14.8 Å². The molecule has 0 radical (unpaired) electrons. The molecule has 0 aliphatic carbocycles. The van der Waals surface area contributed by atoms with Crippen LogP contribution in [0.3, 0.4) is 0 Å². The molecule has 2 heterocycles. The lowest BCUT2D eigenvalue weighted by Gasteiger charge is -2.23. The molecule has 132 valence electrons. The zero-order chi connectivity index (χ0) is 17.2. The van der Waals surface area contributed by atoms with Crippen molar-refractivity contribution in [3.8, 4) is 0 Å². The molecule has 6 nitrogen and oxygen atoms in total. The van der Waals surface area contributed by atoms with Crippen LogP contribution in [0.1, 0.15) is 43.0 Å². The molecule has 1 aromatic carbocycles. The summed E-state index contributed by atoms with van der Waals surface area (Å²) in [7, 11) is -3.56. The van der Waals surface area contributed by atoms with Crippen LogP contribution in [0, 0.1) is 0 Å². The molecule has 2 saturated heterocycles. The minimum atomic E-state index is -3.56. The van der Waals surface area contributed by atoms with Gasteiger partial charge in [0, 0.05) is 37.4 Å². The summed E-state index contributed by atoms with van der Waals surface area (Å²) in [5.41, 5.74) is 0.536. The van der Waals surface area contributed by atoms with Crippen molar-refractivity contribution in [3.05, 3.63) is 29.8 Å². The molecule has 3 rings (SSSR count). The third kappa shape index (κ3) is 3.79. The summed E-state index contributed by atoms with van der Waals surface area (Å²) in [5.74, 6) is -0.0265. The van der Waals surface area contributed by atoms with Gasteiger partial charge in [-0.1, -0.05) is 0 Å². The maximum Gasteiger partial charge on any atom is 0.254 e. The van der Waals surface area contributed by atoms with E-state index < -0.39 is 10.0 Å². The van der Waals surface area contributed by atoms with Crippen LogP contribution in [0.2, 0.25) is 0 Å². The van der Waals surface area contributed by atoms with E-state index in [0.717, 1.165) is 19.4 Å². The Kier molecular flexibility index (Phi) is 5.22. The molecule has 0 bridgehead atoms. The van der Waals surface area contributed by atoms with Crippen molar-refractivity contribution in [2.45, 2.75) is 49.6 Å². The Balaban J connectivity index is 1.70. The Labute approximate surface area is 143 Å². The molecule has 1 aromatic rings. The topological polar surface area (TPSA) is 75.7 Å². The first-order valence-electron chi connectivity index (χ1n) is 8.48. The van der Waals surface area contributed by atoms with Crippen molar-refractivity contribution in [2.75, 3.05) is 19.8 Å². The monoisotopic (exact) mass is 352 g/mol. The largest absolute Gasteiger partial charge is 0.381 e. The number of carbonyl (C=O) groups is 1. The standard InChI is InChI=1S/C17H24N2O4S/c1-13-3-2-10-19(13)17(20)14-4-6-16(7-5-14)24(21,22)18-15-8-11-23-12-9-15/h4-7,13,15,18H,2-3,8-12H2,1H3/t13-/m1/s1. The summed E-state index contributed by atoms with van der Waals surface area (Å²) in [4.78, 5) is 14.5. The fourth-order valence-corrected chi connectivity index (χ4v) is 4.59. The fraction of sp³-hybridized carbons (Fsp3) is 0.588. The number of benzene rings is 1. The van der Waals surface area contributed by atoms with Crippen molar-refractivity contribution in [3.63, 3.8) is 0 Å². The normalized spacial score (nSPS) is 22.7. The van der Waals surface area contributed by atoms with Crippen molar-refractivity contribution < 1.29 is 17.9 Å². The Hall–Kier alpha value is -1.44. The number of hydrogen-bond acceptors (Lipinski definition) is 4. The highest BCUT2D eigenvalue weighted by Gasteiger charge is 2.27. The second-order valence-electron chi connectivity index (χ2n) is 6.52. The lowest BCUT2D eigenvalue weighted by atomic mass is 10.1. The summed E-state index contributed by atoms with van der Waals surface area (Å²) in [6.45, 7) is 3.97. The van der Waals surface area contributed by atoms with E-state index in [4.69, 9.17) is 4.74 Å². The molecule has 0 aromatic heterocycles. The fourth-order valence-electron chi connectivity index (χ4n) is 3.28. The first-order chi connectivity index (χ1) is 11.5. The summed E-state index contributed by atoms with van der Waals surface area (Å²) in [5, 5.41) is 0. The summed E-state index contributed by atoms with van der Waals surface area (Å²) < 4.78 is 32.8. The van der Waals surface area contributed by atoms with Gasteiger partial charge in [0.2, 0.25) is 10.0 Å². The van der Waals surface area contributed by atoms with Gasteiger partial charge in [-0.2, -0.15) is 0 Å². The molecule has 0 saturated carbocycles.